The molecule has 5 nitrogen and oxygen atoms in total. The normalized spacial score (nSPS) is 20.1. The van der Waals surface area contributed by atoms with Gasteiger partial charge in [-0.3, -0.25) is 4.90 Å². The van der Waals surface area contributed by atoms with Gasteiger partial charge in [-0.05, 0) is 37.4 Å². The first-order chi connectivity index (χ1) is 9.66. The summed E-state index contributed by atoms with van der Waals surface area (Å²) in [6, 6.07) is 8.07. The number of rotatable bonds is 4. The smallest absolute Gasteiger partial charge is 0.332 e. The second-order valence-corrected chi connectivity index (χ2v) is 5.25. The van der Waals surface area contributed by atoms with Gasteiger partial charge in [0.1, 0.15) is 0 Å². The minimum atomic E-state index is -0.650. The van der Waals surface area contributed by atoms with E-state index in [9.17, 15) is 4.79 Å². The summed E-state index contributed by atoms with van der Waals surface area (Å²) in [6.07, 6.45) is 5.50. The van der Waals surface area contributed by atoms with Crippen molar-refractivity contribution in [3.8, 4) is 0 Å². The van der Waals surface area contributed by atoms with Gasteiger partial charge in [0, 0.05) is 12.6 Å². The number of primary amides is 1. The Bertz CT molecular complexity index is 487. The molecule has 1 fully saturated rings. The highest BCUT2D eigenvalue weighted by Gasteiger charge is 2.18. The molecule has 1 aliphatic heterocycles. The van der Waals surface area contributed by atoms with Crippen LogP contribution < -0.4 is 11.2 Å². The summed E-state index contributed by atoms with van der Waals surface area (Å²) in [7, 11) is 0. The molecule has 1 aliphatic rings. The van der Waals surface area contributed by atoms with Gasteiger partial charge in [-0.2, -0.15) is 5.10 Å². The van der Waals surface area contributed by atoms with Crippen LogP contribution in [-0.4, -0.2) is 29.7 Å². The van der Waals surface area contributed by atoms with Gasteiger partial charge in [0.15, 0.2) is 0 Å². The van der Waals surface area contributed by atoms with Crippen molar-refractivity contribution in [3.05, 3.63) is 35.4 Å². The van der Waals surface area contributed by atoms with E-state index < -0.39 is 6.03 Å². The van der Waals surface area contributed by atoms with Crippen LogP contribution in [0.2, 0.25) is 0 Å². The largest absolute Gasteiger partial charge is 0.350 e. The van der Waals surface area contributed by atoms with Crippen LogP contribution in [0.3, 0.4) is 0 Å². The first-order valence-corrected chi connectivity index (χ1v) is 7.07. The molecule has 2 amide bonds. The topological polar surface area (TPSA) is 70.7 Å². The maximum absolute atomic E-state index is 10.6. The Kier molecular flexibility index (Phi) is 5.12. The molecule has 108 valence electrons. The number of nitrogens with two attached hydrogens (primary N) is 1. The number of likely N-dealkylation sites (tertiary alicyclic amines) is 1. The van der Waals surface area contributed by atoms with Crippen LogP contribution >= 0.6 is 0 Å². The van der Waals surface area contributed by atoms with Crippen molar-refractivity contribution in [2.45, 2.75) is 38.8 Å². The number of hydrogen-bond acceptors (Lipinski definition) is 3. The number of piperidine rings is 1. The molecule has 1 heterocycles. The van der Waals surface area contributed by atoms with Crippen molar-refractivity contribution in [3.63, 3.8) is 0 Å². The number of carbonyl (C=O) groups excluding carboxylic acids is 1. The number of nitrogens with one attached hydrogen (secondary N) is 1. The van der Waals surface area contributed by atoms with Crippen molar-refractivity contribution in [2.24, 2.45) is 10.8 Å². The Morgan fingerprint density at radius 2 is 2.30 bits per heavy atom. The Hall–Kier alpha value is -1.88. The molecule has 0 aromatic heterocycles. The van der Waals surface area contributed by atoms with Crippen LogP contribution in [0, 0.1) is 0 Å². The fourth-order valence-corrected chi connectivity index (χ4v) is 2.58. The molecule has 0 bridgehead atoms. The third-order valence-corrected chi connectivity index (χ3v) is 3.75. The Morgan fingerprint density at radius 3 is 3.05 bits per heavy atom. The third kappa shape index (κ3) is 4.06. The van der Waals surface area contributed by atoms with E-state index >= 15 is 0 Å². The van der Waals surface area contributed by atoms with Gasteiger partial charge in [-0.1, -0.05) is 30.7 Å². The van der Waals surface area contributed by atoms with Gasteiger partial charge >= 0.3 is 6.03 Å². The van der Waals surface area contributed by atoms with E-state index in [2.05, 4.69) is 28.4 Å². The predicted molar refractivity (Wildman–Crippen MR) is 80.5 cm³/mol. The van der Waals surface area contributed by atoms with Gasteiger partial charge in [0.2, 0.25) is 0 Å². The van der Waals surface area contributed by atoms with E-state index in [-0.39, 0.29) is 0 Å². The minimum absolute atomic E-state index is 0.623. The molecule has 0 radical (unpaired) electrons. The molecule has 1 unspecified atom stereocenters. The lowest BCUT2D eigenvalue weighted by atomic mass is 10.0. The van der Waals surface area contributed by atoms with Crippen molar-refractivity contribution in [1.82, 2.24) is 10.3 Å². The van der Waals surface area contributed by atoms with Gasteiger partial charge in [0.05, 0.1) is 6.21 Å². The lowest BCUT2D eigenvalue weighted by Gasteiger charge is -2.33. The summed E-state index contributed by atoms with van der Waals surface area (Å²) in [6.45, 7) is 4.34. The number of benzene rings is 1. The SMILES string of the molecule is CC1CCCCN1Cc1ccccc1C=NNC(N)=O. The zero-order valence-electron chi connectivity index (χ0n) is 11.9. The maximum atomic E-state index is 10.6. The van der Waals surface area contributed by atoms with Crippen LogP contribution in [-0.2, 0) is 6.54 Å². The summed E-state index contributed by atoms with van der Waals surface area (Å²) < 4.78 is 0. The highest BCUT2D eigenvalue weighted by molar-refractivity contribution is 5.83. The fraction of sp³-hybridized carbons (Fsp3) is 0.467. The number of urea groups is 1. The number of amides is 2. The van der Waals surface area contributed by atoms with Crippen LogP contribution in [0.1, 0.15) is 37.3 Å². The molecule has 20 heavy (non-hydrogen) atoms. The van der Waals surface area contributed by atoms with Gasteiger partial charge in [0.25, 0.3) is 0 Å². The zero-order chi connectivity index (χ0) is 14.4. The number of hydrazone groups is 1. The molecule has 1 saturated heterocycles. The lowest BCUT2D eigenvalue weighted by molar-refractivity contribution is 0.152. The quantitative estimate of drug-likeness (QED) is 0.651. The second-order valence-electron chi connectivity index (χ2n) is 5.25. The fourth-order valence-electron chi connectivity index (χ4n) is 2.58. The summed E-state index contributed by atoms with van der Waals surface area (Å²) in [4.78, 5) is 13.1. The Labute approximate surface area is 119 Å². The van der Waals surface area contributed by atoms with E-state index in [1.54, 1.807) is 6.21 Å². The first kappa shape index (κ1) is 14.5. The van der Waals surface area contributed by atoms with E-state index in [0.29, 0.717) is 6.04 Å². The van der Waals surface area contributed by atoms with E-state index in [0.717, 1.165) is 18.7 Å². The highest BCUT2D eigenvalue weighted by Crippen LogP contribution is 2.20. The molecular formula is C15H22N4O. The van der Waals surface area contributed by atoms with E-state index in [1.807, 2.05) is 18.2 Å². The Morgan fingerprint density at radius 1 is 1.50 bits per heavy atom. The lowest BCUT2D eigenvalue weighted by Crippen LogP contribution is -2.37. The monoisotopic (exact) mass is 274 g/mol. The van der Waals surface area contributed by atoms with Crippen molar-refractivity contribution < 1.29 is 4.79 Å². The first-order valence-electron chi connectivity index (χ1n) is 7.07. The van der Waals surface area contributed by atoms with Crippen LogP contribution in [0.5, 0.6) is 0 Å². The molecular weight excluding hydrogens is 252 g/mol. The van der Waals surface area contributed by atoms with Crippen LogP contribution in [0.4, 0.5) is 4.79 Å². The second kappa shape index (κ2) is 7.05. The zero-order valence-corrected chi connectivity index (χ0v) is 11.9. The highest BCUT2D eigenvalue weighted by atomic mass is 16.2. The average Bonchev–Trinajstić information content (AvgIpc) is 2.43. The van der Waals surface area contributed by atoms with Gasteiger partial charge in [-0.25, -0.2) is 10.2 Å². The van der Waals surface area contributed by atoms with Crippen molar-refractivity contribution in [1.29, 1.82) is 0 Å². The van der Waals surface area contributed by atoms with Gasteiger partial charge in [-0.15, -0.1) is 0 Å². The molecule has 5 heteroatoms. The molecule has 1 aromatic rings. The van der Waals surface area contributed by atoms with Crippen LogP contribution in [0.25, 0.3) is 0 Å². The molecule has 0 saturated carbocycles. The summed E-state index contributed by atoms with van der Waals surface area (Å²) >= 11 is 0. The predicted octanol–water partition coefficient (Wildman–Crippen LogP) is 2.06. The average molecular weight is 274 g/mol. The Balaban J connectivity index is 2.07. The van der Waals surface area contributed by atoms with Crippen LogP contribution in [0.15, 0.2) is 29.4 Å². The summed E-state index contributed by atoms with van der Waals surface area (Å²) in [5.74, 6) is 0. The molecule has 0 spiro atoms. The standard InChI is InChI=1S/C15H22N4O/c1-12-6-4-5-9-19(12)11-14-8-3-2-7-13(14)10-17-18-15(16)20/h2-3,7-8,10,12H,4-6,9,11H2,1H3,(H3,16,18,20). The number of nitrogens with zero attached hydrogens (tertiary/aromatic N) is 2. The van der Waals surface area contributed by atoms with Gasteiger partial charge < -0.3 is 5.73 Å². The maximum Gasteiger partial charge on any atom is 0.332 e. The van der Waals surface area contributed by atoms with Crippen molar-refractivity contribution >= 4 is 12.2 Å². The minimum Gasteiger partial charge on any atom is -0.350 e. The van der Waals surface area contributed by atoms with E-state index in [1.165, 1.54) is 24.8 Å². The van der Waals surface area contributed by atoms with E-state index in [4.69, 9.17) is 5.73 Å². The molecule has 1 atom stereocenters. The molecule has 3 N–H and O–H groups in total. The molecule has 0 aliphatic carbocycles. The summed E-state index contributed by atoms with van der Waals surface area (Å²) in [5.41, 5.74) is 9.45. The third-order valence-electron chi connectivity index (χ3n) is 3.75. The molecule has 2 rings (SSSR count). The van der Waals surface area contributed by atoms with Crippen molar-refractivity contribution in [2.75, 3.05) is 6.54 Å². The molecule has 1 aromatic carbocycles. The number of carbonyl (C=O) groups is 1. The summed E-state index contributed by atoms with van der Waals surface area (Å²) in [5, 5.41) is 3.85. The number of hydrogen-bond donors (Lipinski definition) is 2.